The van der Waals surface area contributed by atoms with E-state index in [1.54, 1.807) is 40.6 Å². The number of imidazole rings is 1. The van der Waals surface area contributed by atoms with Gasteiger partial charge in [-0.3, -0.25) is 14.5 Å². The number of carbonyl (C=O) groups is 2. The second-order valence-electron chi connectivity index (χ2n) is 11.8. The molecule has 10 heteroatoms. The zero-order valence-electron chi connectivity index (χ0n) is 22.1. The highest BCUT2D eigenvalue weighted by molar-refractivity contribution is 5.99. The average Bonchev–Trinajstić information content (AvgIpc) is 3.49. The maximum absolute atomic E-state index is 13.8. The van der Waals surface area contributed by atoms with E-state index < -0.39 is 11.5 Å². The molecule has 0 atom stereocenters. The number of aliphatic imine (C=N–C) groups is 1. The van der Waals surface area contributed by atoms with Gasteiger partial charge in [0.25, 0.3) is 11.8 Å². The van der Waals surface area contributed by atoms with E-state index in [0.717, 1.165) is 11.3 Å². The molecule has 0 unspecified atom stereocenters. The van der Waals surface area contributed by atoms with Crippen molar-refractivity contribution in [1.82, 2.24) is 24.4 Å². The molecule has 4 heterocycles. The van der Waals surface area contributed by atoms with Gasteiger partial charge in [-0.25, -0.2) is 23.3 Å². The van der Waals surface area contributed by atoms with Gasteiger partial charge in [-0.1, -0.05) is 20.8 Å². The molecule has 8 nitrogen and oxygen atoms in total. The van der Waals surface area contributed by atoms with Crippen molar-refractivity contribution < 1.29 is 18.4 Å². The molecule has 0 spiro atoms. The van der Waals surface area contributed by atoms with Crippen LogP contribution in [0.4, 0.5) is 8.78 Å². The number of hydrogen-bond acceptors (Lipinski definition) is 5. The largest absolute Gasteiger partial charge is 0.321 e. The van der Waals surface area contributed by atoms with Gasteiger partial charge in [0.1, 0.15) is 17.1 Å². The summed E-state index contributed by atoms with van der Waals surface area (Å²) >= 11 is 0. The van der Waals surface area contributed by atoms with Gasteiger partial charge in [0, 0.05) is 50.0 Å². The van der Waals surface area contributed by atoms with E-state index in [-0.39, 0.29) is 41.7 Å². The summed E-state index contributed by atoms with van der Waals surface area (Å²) in [4.78, 5) is 39.2. The molecule has 3 aliphatic rings. The summed E-state index contributed by atoms with van der Waals surface area (Å²) in [6, 6.07) is 1.97. The Hall–Kier alpha value is -3.17. The number of alkyl halides is 2. The lowest BCUT2D eigenvalue weighted by Gasteiger charge is -2.45. The van der Waals surface area contributed by atoms with E-state index >= 15 is 0 Å². The number of rotatable bonds is 3. The topological polar surface area (TPSA) is 83.2 Å². The van der Waals surface area contributed by atoms with Crippen LogP contribution >= 0.6 is 0 Å². The minimum absolute atomic E-state index is 0.0659. The summed E-state index contributed by atoms with van der Waals surface area (Å²) in [5.74, 6) is -2.58. The lowest BCUT2D eigenvalue weighted by molar-refractivity contribution is -0.143. The van der Waals surface area contributed by atoms with Gasteiger partial charge in [0.2, 0.25) is 5.92 Å². The highest BCUT2D eigenvalue weighted by atomic mass is 19.3. The molecular weight excluding hydrogens is 478 g/mol. The molecule has 2 aromatic heterocycles. The molecule has 1 aliphatic carbocycles. The Kier molecular flexibility index (Phi) is 5.99. The molecule has 1 saturated heterocycles. The number of halogens is 2. The molecule has 198 valence electrons. The van der Waals surface area contributed by atoms with Crippen molar-refractivity contribution in [2.24, 2.45) is 4.99 Å². The zero-order chi connectivity index (χ0) is 26.8. The van der Waals surface area contributed by atoms with E-state index in [9.17, 15) is 18.4 Å². The fourth-order valence-corrected chi connectivity index (χ4v) is 5.46. The first kappa shape index (κ1) is 25.5. The molecule has 2 aliphatic heterocycles. The first-order chi connectivity index (χ1) is 17.3. The van der Waals surface area contributed by atoms with Crippen LogP contribution < -0.4 is 0 Å². The second kappa shape index (κ2) is 8.70. The fraction of sp³-hybridized carbons (Fsp3) is 0.593. The Morgan fingerprint density at radius 2 is 1.84 bits per heavy atom. The molecular formula is C27H34F2N6O2. The van der Waals surface area contributed by atoms with Crippen molar-refractivity contribution in [3.8, 4) is 0 Å². The molecule has 37 heavy (non-hydrogen) atoms. The van der Waals surface area contributed by atoms with E-state index in [0.29, 0.717) is 43.8 Å². The SMILES string of the molecule is CC(C)(C)c1cc(C2CCC(F)(F)CC2)nn2cc(C(=O)N3CCN(C4=CCC=N4)C(=O)C3(C)C)nc12. The van der Waals surface area contributed by atoms with Crippen LogP contribution in [0.1, 0.15) is 94.4 Å². The van der Waals surface area contributed by atoms with Crippen molar-refractivity contribution >= 4 is 23.7 Å². The van der Waals surface area contributed by atoms with E-state index in [1.165, 1.54) is 0 Å². The Morgan fingerprint density at radius 3 is 2.46 bits per heavy atom. The number of fused-ring (bicyclic) bond motifs is 1. The van der Waals surface area contributed by atoms with Crippen LogP contribution in [0.3, 0.4) is 0 Å². The number of aromatic nitrogens is 3. The van der Waals surface area contributed by atoms with Crippen LogP contribution in [0.25, 0.3) is 5.65 Å². The highest BCUT2D eigenvalue weighted by Gasteiger charge is 2.46. The highest BCUT2D eigenvalue weighted by Crippen LogP contribution is 2.41. The van der Waals surface area contributed by atoms with Crippen LogP contribution in [0.2, 0.25) is 0 Å². The molecule has 2 amide bonds. The third-order valence-corrected chi connectivity index (χ3v) is 7.75. The minimum Gasteiger partial charge on any atom is -0.321 e. The van der Waals surface area contributed by atoms with E-state index in [1.807, 2.05) is 12.1 Å². The molecule has 0 bridgehead atoms. The van der Waals surface area contributed by atoms with Crippen LogP contribution in [0.15, 0.2) is 29.2 Å². The van der Waals surface area contributed by atoms with Crippen LogP contribution in [-0.4, -0.2) is 67.0 Å². The number of hydrogen-bond donors (Lipinski definition) is 0. The van der Waals surface area contributed by atoms with Gasteiger partial charge in [-0.05, 0) is 44.2 Å². The lowest BCUT2D eigenvalue weighted by atomic mass is 9.82. The summed E-state index contributed by atoms with van der Waals surface area (Å²) < 4.78 is 29.2. The van der Waals surface area contributed by atoms with Gasteiger partial charge < -0.3 is 4.90 Å². The number of nitrogens with zero attached hydrogens (tertiary/aromatic N) is 6. The molecule has 0 radical (unpaired) electrons. The van der Waals surface area contributed by atoms with Gasteiger partial charge in [-0.15, -0.1) is 0 Å². The summed E-state index contributed by atoms with van der Waals surface area (Å²) in [6.07, 6.45) is 6.41. The predicted octanol–water partition coefficient (Wildman–Crippen LogP) is 4.70. The van der Waals surface area contributed by atoms with E-state index in [2.05, 4.69) is 30.7 Å². The molecule has 0 N–H and O–H groups in total. The number of amides is 2. The smallest absolute Gasteiger partial charge is 0.275 e. The van der Waals surface area contributed by atoms with Crippen LogP contribution in [0.5, 0.6) is 0 Å². The molecule has 2 fully saturated rings. The lowest BCUT2D eigenvalue weighted by Crippen LogP contribution is -2.64. The number of carbonyl (C=O) groups excluding carboxylic acids is 2. The molecule has 2 aromatic rings. The van der Waals surface area contributed by atoms with Crippen LogP contribution in [-0.2, 0) is 10.2 Å². The maximum Gasteiger partial charge on any atom is 0.275 e. The van der Waals surface area contributed by atoms with E-state index in [4.69, 9.17) is 5.10 Å². The maximum atomic E-state index is 13.8. The van der Waals surface area contributed by atoms with Crippen molar-refractivity contribution in [3.63, 3.8) is 0 Å². The number of allylic oxidation sites excluding steroid dienone is 1. The van der Waals surface area contributed by atoms with Gasteiger partial charge in [0.05, 0.1) is 11.9 Å². The molecule has 5 rings (SSSR count). The second-order valence-corrected chi connectivity index (χ2v) is 11.8. The third-order valence-electron chi connectivity index (χ3n) is 7.75. The summed E-state index contributed by atoms with van der Waals surface area (Å²) in [7, 11) is 0. The van der Waals surface area contributed by atoms with Gasteiger partial charge in [-0.2, -0.15) is 5.10 Å². The van der Waals surface area contributed by atoms with Crippen molar-refractivity contribution in [1.29, 1.82) is 0 Å². The Bertz CT molecular complexity index is 1310. The Morgan fingerprint density at radius 1 is 1.14 bits per heavy atom. The van der Waals surface area contributed by atoms with Gasteiger partial charge >= 0.3 is 0 Å². The quantitative estimate of drug-likeness (QED) is 0.597. The predicted molar refractivity (Wildman–Crippen MR) is 136 cm³/mol. The Balaban J connectivity index is 1.47. The number of piperazine rings is 1. The molecule has 1 saturated carbocycles. The van der Waals surface area contributed by atoms with Crippen molar-refractivity contribution in [2.45, 2.75) is 89.5 Å². The Labute approximate surface area is 215 Å². The monoisotopic (exact) mass is 512 g/mol. The van der Waals surface area contributed by atoms with Crippen molar-refractivity contribution in [3.05, 3.63) is 41.1 Å². The molecule has 0 aromatic carbocycles. The first-order valence-corrected chi connectivity index (χ1v) is 12.9. The fourth-order valence-electron chi connectivity index (χ4n) is 5.46. The van der Waals surface area contributed by atoms with Crippen LogP contribution in [0, 0.1) is 0 Å². The standard InChI is InChI=1S/C27H34F2N6O2/c1-25(2,3)18-15-19(17-8-10-27(28,29)11-9-17)32-35-16-20(31-22(18)35)23(36)34-14-13-33(21-7-6-12-30-21)24(37)26(34,4)5/h7,12,15-17H,6,8-11,13-14H2,1-5H3. The first-order valence-electron chi connectivity index (χ1n) is 12.9. The minimum atomic E-state index is -2.61. The normalized spacial score (nSPS) is 22.1. The van der Waals surface area contributed by atoms with Crippen molar-refractivity contribution in [2.75, 3.05) is 13.1 Å². The zero-order valence-corrected chi connectivity index (χ0v) is 22.1. The van der Waals surface area contributed by atoms with Gasteiger partial charge in [0.15, 0.2) is 5.65 Å². The summed E-state index contributed by atoms with van der Waals surface area (Å²) in [6.45, 7) is 10.3. The summed E-state index contributed by atoms with van der Waals surface area (Å²) in [5.41, 5.74) is 1.04. The summed E-state index contributed by atoms with van der Waals surface area (Å²) in [5, 5.41) is 4.72. The average molecular weight is 513 g/mol. The third kappa shape index (κ3) is 4.55.